The number of aromatic nitrogens is 1. The van der Waals surface area contributed by atoms with Gasteiger partial charge in [0.05, 0.1) is 0 Å². The van der Waals surface area contributed by atoms with Crippen LogP contribution in [0.5, 0.6) is 0 Å². The van der Waals surface area contributed by atoms with Gasteiger partial charge in [0, 0.05) is 18.3 Å². The van der Waals surface area contributed by atoms with E-state index >= 15 is 0 Å². The molecule has 0 unspecified atom stereocenters. The molecule has 0 radical (unpaired) electrons. The summed E-state index contributed by atoms with van der Waals surface area (Å²) in [6.45, 7) is 0. The van der Waals surface area contributed by atoms with E-state index in [2.05, 4.69) is 0 Å². The van der Waals surface area contributed by atoms with Crippen molar-refractivity contribution in [3.05, 3.63) is 28.8 Å². The molecule has 1 heterocycles. The molecule has 2 nitrogen and oxygen atoms in total. The summed E-state index contributed by atoms with van der Waals surface area (Å²) in [6.07, 6.45) is 1.75. The van der Waals surface area contributed by atoms with E-state index in [1.807, 2.05) is 0 Å². The van der Waals surface area contributed by atoms with Crippen LogP contribution in [0.15, 0.2) is 18.3 Å². The predicted molar refractivity (Wildman–Crippen MR) is 36.3 cm³/mol. The minimum Gasteiger partial charge on any atom is -0.336 e. The topological polar surface area (TPSA) is 28.8 Å². The summed E-state index contributed by atoms with van der Waals surface area (Å²) >= 11 is 5.58. The SMILES string of the molecule is Cn1ccc(Cl)cc1=N. The van der Waals surface area contributed by atoms with Crippen LogP contribution in [0, 0.1) is 5.41 Å². The Kier molecular flexibility index (Phi) is 1.58. The average molecular weight is 143 g/mol. The molecule has 1 aromatic rings. The fourth-order valence-corrected chi connectivity index (χ4v) is 0.704. The fraction of sp³-hybridized carbons (Fsp3) is 0.167. The van der Waals surface area contributed by atoms with Crippen molar-refractivity contribution >= 4 is 11.6 Å². The van der Waals surface area contributed by atoms with Gasteiger partial charge in [-0.2, -0.15) is 0 Å². The van der Waals surface area contributed by atoms with E-state index in [-0.39, 0.29) is 0 Å². The monoisotopic (exact) mass is 142 g/mol. The van der Waals surface area contributed by atoms with Gasteiger partial charge in [0.25, 0.3) is 0 Å². The molecule has 9 heavy (non-hydrogen) atoms. The van der Waals surface area contributed by atoms with Gasteiger partial charge in [-0.05, 0) is 12.1 Å². The Morgan fingerprint density at radius 2 is 2.33 bits per heavy atom. The molecule has 0 saturated carbocycles. The zero-order valence-electron chi connectivity index (χ0n) is 5.06. The highest BCUT2D eigenvalue weighted by molar-refractivity contribution is 6.30. The van der Waals surface area contributed by atoms with Crippen LogP contribution in [0.4, 0.5) is 0 Å². The molecule has 1 rings (SSSR count). The average Bonchev–Trinajstić information content (AvgIpc) is 1.80. The number of halogens is 1. The maximum atomic E-state index is 7.24. The molecule has 0 amide bonds. The summed E-state index contributed by atoms with van der Waals surface area (Å²) in [4.78, 5) is 0. The Bertz CT molecular complexity index is 264. The van der Waals surface area contributed by atoms with Crippen LogP contribution in [0.25, 0.3) is 0 Å². The molecule has 0 atom stereocenters. The van der Waals surface area contributed by atoms with E-state index in [0.29, 0.717) is 10.5 Å². The Balaban J connectivity index is 3.34. The fourth-order valence-electron chi connectivity index (χ4n) is 0.544. The zero-order chi connectivity index (χ0) is 6.85. The van der Waals surface area contributed by atoms with Crippen LogP contribution in [0.1, 0.15) is 0 Å². The molecule has 0 bridgehead atoms. The number of nitrogens with zero attached hydrogens (tertiary/aromatic N) is 1. The van der Waals surface area contributed by atoms with Gasteiger partial charge < -0.3 is 4.57 Å². The smallest absolute Gasteiger partial charge is 0.125 e. The van der Waals surface area contributed by atoms with Crippen LogP contribution in [0.2, 0.25) is 5.02 Å². The molecule has 48 valence electrons. The standard InChI is InChI=1S/C6H7ClN2/c1-9-3-2-5(7)4-6(9)8/h2-4,8H,1H3. The van der Waals surface area contributed by atoms with E-state index in [1.165, 1.54) is 0 Å². The van der Waals surface area contributed by atoms with Crippen molar-refractivity contribution in [3.63, 3.8) is 0 Å². The second-order valence-electron chi connectivity index (χ2n) is 1.84. The Hall–Kier alpha value is -0.760. The third-order valence-corrected chi connectivity index (χ3v) is 1.35. The van der Waals surface area contributed by atoms with Gasteiger partial charge in [-0.1, -0.05) is 11.6 Å². The molecule has 0 saturated heterocycles. The maximum Gasteiger partial charge on any atom is 0.125 e. The van der Waals surface area contributed by atoms with Gasteiger partial charge in [-0.15, -0.1) is 0 Å². The van der Waals surface area contributed by atoms with Crippen molar-refractivity contribution in [2.24, 2.45) is 7.05 Å². The van der Waals surface area contributed by atoms with Gasteiger partial charge in [-0.3, -0.25) is 5.41 Å². The highest BCUT2D eigenvalue weighted by Crippen LogP contribution is 2.00. The molecule has 1 N–H and O–H groups in total. The van der Waals surface area contributed by atoms with Gasteiger partial charge in [0.1, 0.15) is 5.49 Å². The van der Waals surface area contributed by atoms with Crippen molar-refractivity contribution < 1.29 is 0 Å². The number of hydrogen-bond acceptors (Lipinski definition) is 1. The van der Waals surface area contributed by atoms with E-state index in [1.54, 1.807) is 29.9 Å². The molecule has 0 fully saturated rings. The van der Waals surface area contributed by atoms with E-state index in [0.717, 1.165) is 0 Å². The molecule has 3 heteroatoms. The first kappa shape index (κ1) is 6.36. The van der Waals surface area contributed by atoms with Crippen LogP contribution in [-0.2, 0) is 7.05 Å². The molecule has 0 aliphatic heterocycles. The summed E-state index contributed by atoms with van der Waals surface area (Å²) in [5, 5.41) is 7.85. The molecule has 0 aliphatic carbocycles. The summed E-state index contributed by atoms with van der Waals surface area (Å²) in [5.74, 6) is 0. The van der Waals surface area contributed by atoms with Crippen LogP contribution in [0.3, 0.4) is 0 Å². The molecule has 0 aliphatic rings. The second kappa shape index (κ2) is 2.23. The van der Waals surface area contributed by atoms with Gasteiger partial charge in [-0.25, -0.2) is 0 Å². The summed E-state index contributed by atoms with van der Waals surface area (Å²) in [6, 6.07) is 3.35. The Morgan fingerprint density at radius 3 is 2.78 bits per heavy atom. The number of pyridine rings is 1. The lowest BCUT2D eigenvalue weighted by molar-refractivity contribution is 0.817. The highest BCUT2D eigenvalue weighted by atomic mass is 35.5. The molecule has 0 aromatic carbocycles. The third kappa shape index (κ3) is 1.33. The van der Waals surface area contributed by atoms with Crippen LogP contribution >= 0.6 is 11.6 Å². The van der Waals surface area contributed by atoms with Crippen molar-refractivity contribution in [3.8, 4) is 0 Å². The minimum atomic E-state index is 0.419. The van der Waals surface area contributed by atoms with Crippen molar-refractivity contribution in [1.29, 1.82) is 5.41 Å². The molecule has 1 aromatic heterocycles. The number of nitrogens with one attached hydrogen (secondary N) is 1. The lowest BCUT2D eigenvalue weighted by atomic mass is 10.5. The first-order valence-electron chi connectivity index (χ1n) is 2.57. The Morgan fingerprint density at radius 1 is 1.67 bits per heavy atom. The quantitative estimate of drug-likeness (QED) is 0.563. The molecule has 0 spiro atoms. The summed E-state index contributed by atoms with van der Waals surface area (Å²) < 4.78 is 1.69. The largest absolute Gasteiger partial charge is 0.336 e. The Labute approximate surface area is 58.2 Å². The van der Waals surface area contributed by atoms with Gasteiger partial charge in [0.2, 0.25) is 0 Å². The van der Waals surface area contributed by atoms with E-state index in [9.17, 15) is 0 Å². The van der Waals surface area contributed by atoms with E-state index in [4.69, 9.17) is 17.0 Å². The first-order chi connectivity index (χ1) is 4.20. The lowest BCUT2D eigenvalue weighted by Gasteiger charge is -1.95. The summed E-state index contributed by atoms with van der Waals surface area (Å²) in [5.41, 5.74) is 0.419. The van der Waals surface area contributed by atoms with Crippen molar-refractivity contribution in [2.45, 2.75) is 0 Å². The normalized spacial score (nSPS) is 9.56. The molecular weight excluding hydrogens is 136 g/mol. The number of hydrogen-bond donors (Lipinski definition) is 1. The number of aryl methyl sites for hydroxylation is 1. The number of rotatable bonds is 0. The van der Waals surface area contributed by atoms with Crippen LogP contribution in [-0.4, -0.2) is 4.57 Å². The third-order valence-electron chi connectivity index (χ3n) is 1.11. The predicted octanol–water partition coefficient (Wildman–Crippen LogP) is 1.16. The summed E-state index contributed by atoms with van der Waals surface area (Å²) in [7, 11) is 1.80. The lowest BCUT2D eigenvalue weighted by Crippen LogP contribution is -2.13. The van der Waals surface area contributed by atoms with Gasteiger partial charge in [0.15, 0.2) is 0 Å². The van der Waals surface area contributed by atoms with Crippen molar-refractivity contribution in [2.75, 3.05) is 0 Å². The van der Waals surface area contributed by atoms with Gasteiger partial charge >= 0.3 is 0 Å². The molecular formula is C6H7ClN2. The maximum absolute atomic E-state index is 7.24. The zero-order valence-corrected chi connectivity index (χ0v) is 5.81. The first-order valence-corrected chi connectivity index (χ1v) is 2.95. The van der Waals surface area contributed by atoms with Crippen LogP contribution < -0.4 is 5.49 Å². The highest BCUT2D eigenvalue weighted by Gasteiger charge is 1.85. The second-order valence-corrected chi connectivity index (χ2v) is 2.28. The minimum absolute atomic E-state index is 0.419. The van der Waals surface area contributed by atoms with E-state index < -0.39 is 0 Å². The van der Waals surface area contributed by atoms with Crippen molar-refractivity contribution in [1.82, 2.24) is 4.57 Å².